The van der Waals surface area contributed by atoms with Crippen molar-refractivity contribution in [2.45, 2.75) is 57.2 Å². The number of rotatable bonds is 7. The van der Waals surface area contributed by atoms with Crippen molar-refractivity contribution in [1.82, 2.24) is 29.3 Å². The molecule has 4 heterocycles. The fourth-order valence-corrected chi connectivity index (χ4v) is 4.61. The smallest absolute Gasteiger partial charge is 0.221 e. The maximum absolute atomic E-state index is 10.6. The lowest BCUT2D eigenvalue weighted by Gasteiger charge is -2.14. The standard InChI is InChI=1S/C26H29N7O2/c1-26(34,16-4-5-16)9-8-17-12-19-20(14-32(10-3-11-35-2)22(19)13-28-17)23-24-21(29-25(27)30-23)15-33(31-24)18-6-7-18/h12-16,18,34H,3-7,10-11H2,1-2H3,(H2,27,29). The highest BCUT2D eigenvalue weighted by atomic mass is 16.5. The Labute approximate surface area is 203 Å². The number of aryl methyl sites for hydroxylation is 1. The number of hydrogen-bond donors (Lipinski definition) is 2. The molecule has 0 spiro atoms. The molecule has 0 radical (unpaired) electrons. The van der Waals surface area contributed by atoms with Gasteiger partial charge >= 0.3 is 0 Å². The number of fused-ring (bicyclic) bond motifs is 2. The number of ether oxygens (including phenoxy) is 1. The second-order valence-electron chi connectivity index (χ2n) is 9.85. The highest BCUT2D eigenvalue weighted by molar-refractivity contribution is 6.02. The van der Waals surface area contributed by atoms with Crippen LogP contribution in [0, 0.1) is 17.8 Å². The number of nitrogens with two attached hydrogens (primary N) is 1. The molecule has 3 N–H and O–H groups in total. The molecule has 9 nitrogen and oxygen atoms in total. The Morgan fingerprint density at radius 3 is 2.80 bits per heavy atom. The molecule has 2 saturated carbocycles. The molecular formula is C26H29N7O2. The first kappa shape index (κ1) is 22.0. The quantitative estimate of drug-likeness (QED) is 0.314. The number of nitrogens with zero attached hydrogens (tertiary/aromatic N) is 6. The number of pyridine rings is 1. The van der Waals surface area contributed by atoms with Gasteiger partial charge < -0.3 is 20.1 Å². The minimum absolute atomic E-state index is 0.220. The molecule has 2 fully saturated rings. The Kier molecular flexibility index (Phi) is 5.24. The summed E-state index contributed by atoms with van der Waals surface area (Å²) in [5, 5.41) is 16.4. The van der Waals surface area contributed by atoms with Gasteiger partial charge in [-0.3, -0.25) is 4.68 Å². The van der Waals surface area contributed by atoms with E-state index in [1.807, 2.05) is 23.1 Å². The largest absolute Gasteiger partial charge is 0.385 e. The number of anilines is 1. The third-order valence-electron chi connectivity index (χ3n) is 6.91. The van der Waals surface area contributed by atoms with E-state index in [0.717, 1.165) is 66.1 Å². The third-order valence-corrected chi connectivity index (χ3v) is 6.91. The lowest BCUT2D eigenvalue weighted by Crippen LogP contribution is -2.24. The summed E-state index contributed by atoms with van der Waals surface area (Å²) in [5.74, 6) is 6.59. The van der Waals surface area contributed by atoms with Crippen LogP contribution in [0.4, 0.5) is 5.95 Å². The molecule has 180 valence electrons. The maximum Gasteiger partial charge on any atom is 0.221 e. The van der Waals surface area contributed by atoms with Crippen molar-refractivity contribution in [1.29, 1.82) is 0 Å². The number of hydrogen-bond acceptors (Lipinski definition) is 7. The zero-order chi connectivity index (χ0) is 24.2. The van der Waals surface area contributed by atoms with Crippen LogP contribution in [0.2, 0.25) is 0 Å². The molecule has 0 amide bonds. The topological polar surface area (TPSA) is 117 Å². The summed E-state index contributed by atoms with van der Waals surface area (Å²) in [7, 11) is 1.71. The molecular weight excluding hydrogens is 442 g/mol. The first-order valence-electron chi connectivity index (χ1n) is 12.2. The summed E-state index contributed by atoms with van der Waals surface area (Å²) in [6.45, 7) is 3.22. The second kappa shape index (κ2) is 8.33. The maximum atomic E-state index is 10.6. The predicted octanol–water partition coefficient (Wildman–Crippen LogP) is 3.31. The summed E-state index contributed by atoms with van der Waals surface area (Å²) in [6.07, 6.45) is 11.0. The highest BCUT2D eigenvalue weighted by Crippen LogP contribution is 2.39. The minimum Gasteiger partial charge on any atom is -0.385 e. The van der Waals surface area contributed by atoms with Gasteiger partial charge in [0.25, 0.3) is 0 Å². The summed E-state index contributed by atoms with van der Waals surface area (Å²) >= 11 is 0. The van der Waals surface area contributed by atoms with Crippen molar-refractivity contribution < 1.29 is 9.84 Å². The molecule has 6 rings (SSSR count). The zero-order valence-electron chi connectivity index (χ0n) is 20.0. The van der Waals surface area contributed by atoms with Gasteiger partial charge in [0.2, 0.25) is 5.95 Å². The van der Waals surface area contributed by atoms with Gasteiger partial charge in [-0.1, -0.05) is 5.92 Å². The lowest BCUT2D eigenvalue weighted by atomic mass is 10.0. The van der Waals surface area contributed by atoms with Crippen LogP contribution in [0.1, 0.15) is 50.8 Å². The van der Waals surface area contributed by atoms with Crippen LogP contribution in [0.5, 0.6) is 0 Å². The minimum atomic E-state index is -0.992. The van der Waals surface area contributed by atoms with E-state index in [-0.39, 0.29) is 11.9 Å². The molecule has 0 aliphatic heterocycles. The van der Waals surface area contributed by atoms with Gasteiger partial charge in [0.05, 0.1) is 24.0 Å². The Morgan fingerprint density at radius 1 is 1.23 bits per heavy atom. The van der Waals surface area contributed by atoms with Crippen LogP contribution in [-0.2, 0) is 11.3 Å². The van der Waals surface area contributed by atoms with E-state index in [4.69, 9.17) is 15.6 Å². The van der Waals surface area contributed by atoms with E-state index >= 15 is 0 Å². The Morgan fingerprint density at radius 2 is 2.06 bits per heavy atom. The van der Waals surface area contributed by atoms with E-state index in [0.29, 0.717) is 24.0 Å². The second-order valence-corrected chi connectivity index (χ2v) is 9.85. The van der Waals surface area contributed by atoms with Crippen LogP contribution >= 0.6 is 0 Å². The Hall–Kier alpha value is -3.48. The summed E-state index contributed by atoms with van der Waals surface area (Å²) in [6, 6.07) is 2.40. The van der Waals surface area contributed by atoms with Gasteiger partial charge in [0.15, 0.2) is 0 Å². The first-order chi connectivity index (χ1) is 16.9. The van der Waals surface area contributed by atoms with E-state index in [2.05, 4.69) is 37.6 Å². The molecule has 0 bridgehead atoms. The average molecular weight is 472 g/mol. The average Bonchev–Trinajstić information content (AvgIpc) is 3.77. The van der Waals surface area contributed by atoms with Crippen LogP contribution < -0.4 is 5.73 Å². The lowest BCUT2D eigenvalue weighted by molar-refractivity contribution is 0.0980. The Balaban J connectivity index is 1.49. The van der Waals surface area contributed by atoms with Crippen molar-refractivity contribution >= 4 is 27.9 Å². The molecule has 1 unspecified atom stereocenters. The number of nitrogen functional groups attached to an aromatic ring is 1. The van der Waals surface area contributed by atoms with Crippen LogP contribution in [0.3, 0.4) is 0 Å². The molecule has 2 aliphatic carbocycles. The van der Waals surface area contributed by atoms with Crippen molar-refractivity contribution in [2.24, 2.45) is 5.92 Å². The van der Waals surface area contributed by atoms with E-state index in [1.54, 1.807) is 14.0 Å². The number of aromatic nitrogens is 6. The molecule has 2 aliphatic rings. The van der Waals surface area contributed by atoms with Crippen molar-refractivity contribution in [3.05, 3.63) is 30.4 Å². The fraction of sp³-hybridized carbons (Fsp3) is 0.462. The van der Waals surface area contributed by atoms with Crippen LogP contribution in [-0.4, -0.2) is 53.7 Å². The first-order valence-corrected chi connectivity index (χ1v) is 12.2. The van der Waals surface area contributed by atoms with Gasteiger partial charge in [-0.05, 0) is 56.9 Å². The number of aliphatic hydroxyl groups is 1. The third kappa shape index (κ3) is 4.24. The fourth-order valence-electron chi connectivity index (χ4n) is 4.61. The molecule has 35 heavy (non-hydrogen) atoms. The molecule has 0 saturated heterocycles. The van der Waals surface area contributed by atoms with Crippen LogP contribution in [0.15, 0.2) is 24.7 Å². The SMILES string of the molecule is COCCCn1cc(-c2nc(N)nc3cn(C4CC4)nc23)c2cc(C#CC(C)(O)C3CC3)ncc21. The molecule has 0 aromatic carbocycles. The molecule has 1 atom stereocenters. The van der Waals surface area contributed by atoms with Gasteiger partial charge in [0.1, 0.15) is 28.0 Å². The van der Waals surface area contributed by atoms with E-state index in [9.17, 15) is 5.11 Å². The highest BCUT2D eigenvalue weighted by Gasteiger charge is 2.38. The molecule has 9 heteroatoms. The van der Waals surface area contributed by atoms with Gasteiger partial charge in [0, 0.05) is 37.4 Å². The van der Waals surface area contributed by atoms with Gasteiger partial charge in [-0.25, -0.2) is 15.0 Å². The number of methoxy groups -OCH3 is 1. The van der Waals surface area contributed by atoms with Crippen molar-refractivity contribution in [2.75, 3.05) is 19.5 Å². The molecule has 4 aromatic heterocycles. The predicted molar refractivity (Wildman–Crippen MR) is 133 cm³/mol. The van der Waals surface area contributed by atoms with Gasteiger partial charge in [-0.2, -0.15) is 5.10 Å². The molecule has 4 aromatic rings. The normalized spacial score (nSPS) is 17.5. The summed E-state index contributed by atoms with van der Waals surface area (Å²) < 4.78 is 9.41. The van der Waals surface area contributed by atoms with Crippen molar-refractivity contribution in [3.63, 3.8) is 0 Å². The van der Waals surface area contributed by atoms with E-state index < -0.39 is 5.60 Å². The van der Waals surface area contributed by atoms with E-state index in [1.165, 1.54) is 0 Å². The van der Waals surface area contributed by atoms with Crippen LogP contribution in [0.25, 0.3) is 33.2 Å². The van der Waals surface area contributed by atoms with Gasteiger partial charge in [-0.15, -0.1) is 0 Å². The monoisotopic (exact) mass is 471 g/mol. The zero-order valence-corrected chi connectivity index (χ0v) is 20.0. The summed E-state index contributed by atoms with van der Waals surface area (Å²) in [4.78, 5) is 13.6. The Bertz CT molecular complexity index is 1480. The van der Waals surface area contributed by atoms with Crippen molar-refractivity contribution in [3.8, 4) is 23.1 Å². The summed E-state index contributed by atoms with van der Waals surface area (Å²) in [5.41, 5.74) is 9.82.